The van der Waals surface area contributed by atoms with Crippen LogP contribution in [0.5, 0.6) is 5.75 Å². The first-order valence-corrected chi connectivity index (χ1v) is 12.0. The zero-order valence-corrected chi connectivity index (χ0v) is 20.9. The van der Waals surface area contributed by atoms with Gasteiger partial charge in [-0.2, -0.15) is 5.10 Å². The van der Waals surface area contributed by atoms with Crippen molar-refractivity contribution >= 4 is 28.6 Å². The number of nitrogens with zero attached hydrogens (tertiary/aromatic N) is 6. The van der Waals surface area contributed by atoms with Crippen LogP contribution in [-0.4, -0.2) is 65.0 Å². The molecule has 1 aliphatic heterocycles. The Morgan fingerprint density at radius 2 is 1.92 bits per heavy atom. The lowest BCUT2D eigenvalue weighted by Crippen LogP contribution is -2.29. The first kappa shape index (κ1) is 24.4. The number of aromatic nitrogens is 4. The molecule has 1 atom stereocenters. The minimum absolute atomic E-state index is 0.162. The smallest absolute Gasteiger partial charge is 0.409 e. The van der Waals surface area contributed by atoms with Crippen molar-refractivity contribution in [3.05, 3.63) is 66.4 Å². The number of anilines is 2. The Morgan fingerprint density at radius 1 is 1.11 bits per heavy atom. The molecular formula is C27H27FN6O3. The third-order valence-corrected chi connectivity index (χ3v) is 6.50. The highest BCUT2D eigenvalue weighted by atomic mass is 19.1. The summed E-state index contributed by atoms with van der Waals surface area (Å²) in [6.07, 6.45) is 1.99. The molecule has 0 saturated carbocycles. The number of methoxy groups -OCH3 is 1. The quantitative estimate of drug-likeness (QED) is 0.372. The fraction of sp³-hybridized carbons (Fsp3) is 0.296. The van der Waals surface area contributed by atoms with Gasteiger partial charge in [-0.3, -0.25) is 0 Å². The van der Waals surface area contributed by atoms with Gasteiger partial charge in [0.15, 0.2) is 5.82 Å². The second kappa shape index (κ2) is 10.3. The number of amides is 1. The predicted molar refractivity (Wildman–Crippen MR) is 137 cm³/mol. The molecule has 4 aromatic rings. The number of carbonyl (C=O) groups is 1. The Balaban J connectivity index is 1.53. The molecule has 1 amide bonds. The van der Waals surface area contributed by atoms with E-state index in [1.54, 1.807) is 17.0 Å². The monoisotopic (exact) mass is 502 g/mol. The summed E-state index contributed by atoms with van der Waals surface area (Å²) in [5, 5.41) is 9.21. The van der Waals surface area contributed by atoms with E-state index in [0.717, 1.165) is 28.6 Å². The summed E-state index contributed by atoms with van der Waals surface area (Å²) in [7, 11) is 3.25. The highest BCUT2D eigenvalue weighted by molar-refractivity contribution is 5.97. The minimum atomic E-state index is -0.328. The fourth-order valence-corrected chi connectivity index (χ4v) is 4.46. The number of aryl methyl sites for hydroxylation is 1. The maximum absolute atomic E-state index is 13.6. The number of fused-ring (bicyclic) bond motifs is 1. The summed E-state index contributed by atoms with van der Waals surface area (Å²) in [4.78, 5) is 24.5. The summed E-state index contributed by atoms with van der Waals surface area (Å²) in [6, 6.07) is 14.0. The van der Waals surface area contributed by atoms with Gasteiger partial charge in [0.05, 0.1) is 19.4 Å². The van der Waals surface area contributed by atoms with Crippen LogP contribution >= 0.6 is 0 Å². The van der Waals surface area contributed by atoms with E-state index in [0.29, 0.717) is 42.6 Å². The second-order valence-corrected chi connectivity index (χ2v) is 9.05. The van der Waals surface area contributed by atoms with E-state index in [1.165, 1.54) is 25.6 Å². The molecule has 1 saturated heterocycles. The number of hydrogen-bond acceptors (Lipinski definition) is 8. The lowest BCUT2D eigenvalue weighted by molar-refractivity contribution is 0.130. The van der Waals surface area contributed by atoms with Crippen molar-refractivity contribution in [3.63, 3.8) is 0 Å². The third-order valence-electron chi connectivity index (χ3n) is 6.50. The van der Waals surface area contributed by atoms with Crippen molar-refractivity contribution in [2.75, 3.05) is 38.8 Å². The van der Waals surface area contributed by atoms with Crippen LogP contribution in [0.2, 0.25) is 0 Å². The number of benzene rings is 2. The molecule has 5 rings (SSSR count). The third kappa shape index (κ3) is 5.13. The minimum Gasteiger partial charge on any atom is -0.491 e. The Morgan fingerprint density at radius 3 is 2.65 bits per heavy atom. The molecule has 1 fully saturated rings. The predicted octanol–water partition coefficient (Wildman–Crippen LogP) is 4.77. The molecule has 0 bridgehead atoms. The Kier molecular flexibility index (Phi) is 6.80. The van der Waals surface area contributed by atoms with Crippen LogP contribution in [0.1, 0.15) is 12.1 Å². The van der Waals surface area contributed by atoms with Gasteiger partial charge >= 0.3 is 6.09 Å². The molecule has 190 valence electrons. The van der Waals surface area contributed by atoms with E-state index >= 15 is 0 Å². The Hall–Kier alpha value is -4.34. The van der Waals surface area contributed by atoms with Crippen molar-refractivity contribution in [1.82, 2.24) is 25.1 Å². The molecular weight excluding hydrogens is 475 g/mol. The van der Waals surface area contributed by atoms with Crippen molar-refractivity contribution in [2.24, 2.45) is 5.92 Å². The SMILES string of the molecule is COC(=O)N1CCC(COc2cc(-c3ccc(F)cc3)cc3c(N(C)c4ccc(C)nn4)ncnc23)C1. The van der Waals surface area contributed by atoms with Gasteiger partial charge in [-0.05, 0) is 60.9 Å². The van der Waals surface area contributed by atoms with E-state index in [-0.39, 0.29) is 17.8 Å². The topological polar surface area (TPSA) is 93.6 Å². The van der Waals surface area contributed by atoms with E-state index in [4.69, 9.17) is 9.47 Å². The van der Waals surface area contributed by atoms with Gasteiger partial charge in [-0.25, -0.2) is 19.2 Å². The molecule has 2 aromatic carbocycles. The van der Waals surface area contributed by atoms with Gasteiger partial charge in [0.1, 0.15) is 29.2 Å². The van der Waals surface area contributed by atoms with Gasteiger partial charge in [-0.15, -0.1) is 5.10 Å². The van der Waals surface area contributed by atoms with E-state index in [1.807, 2.05) is 43.1 Å². The largest absolute Gasteiger partial charge is 0.491 e. The normalized spacial score (nSPS) is 15.1. The van der Waals surface area contributed by atoms with Gasteiger partial charge in [-0.1, -0.05) is 12.1 Å². The van der Waals surface area contributed by atoms with Gasteiger partial charge in [0.2, 0.25) is 0 Å². The number of halogens is 1. The average molecular weight is 503 g/mol. The van der Waals surface area contributed by atoms with Crippen LogP contribution in [0.15, 0.2) is 54.9 Å². The van der Waals surface area contributed by atoms with E-state index < -0.39 is 0 Å². The average Bonchev–Trinajstić information content (AvgIpc) is 3.40. The maximum atomic E-state index is 13.6. The van der Waals surface area contributed by atoms with Gasteiger partial charge < -0.3 is 19.3 Å². The zero-order chi connectivity index (χ0) is 25.9. The molecule has 0 radical (unpaired) electrons. The molecule has 2 aromatic heterocycles. The summed E-state index contributed by atoms with van der Waals surface area (Å²) in [5.74, 6) is 1.71. The Labute approximate surface area is 213 Å². The second-order valence-electron chi connectivity index (χ2n) is 9.05. The molecule has 0 aliphatic carbocycles. The fourth-order valence-electron chi connectivity index (χ4n) is 4.46. The van der Waals surface area contributed by atoms with Crippen LogP contribution in [0, 0.1) is 18.7 Å². The highest BCUT2D eigenvalue weighted by Gasteiger charge is 2.27. The molecule has 0 N–H and O–H groups in total. The summed E-state index contributed by atoms with van der Waals surface area (Å²) >= 11 is 0. The summed E-state index contributed by atoms with van der Waals surface area (Å²) in [6.45, 7) is 3.49. The summed E-state index contributed by atoms with van der Waals surface area (Å²) in [5.41, 5.74) is 3.13. The first-order valence-electron chi connectivity index (χ1n) is 12.0. The number of rotatable bonds is 6. The molecule has 3 heterocycles. The number of carbonyl (C=O) groups excluding carboxylic acids is 1. The van der Waals surface area contributed by atoms with E-state index in [2.05, 4.69) is 20.2 Å². The molecule has 9 nitrogen and oxygen atoms in total. The van der Waals surface area contributed by atoms with Gasteiger partial charge in [0.25, 0.3) is 0 Å². The van der Waals surface area contributed by atoms with Crippen LogP contribution in [0.4, 0.5) is 20.8 Å². The molecule has 37 heavy (non-hydrogen) atoms. The lowest BCUT2D eigenvalue weighted by Gasteiger charge is -2.20. The molecule has 1 unspecified atom stereocenters. The van der Waals surface area contributed by atoms with E-state index in [9.17, 15) is 9.18 Å². The van der Waals surface area contributed by atoms with Crippen LogP contribution in [-0.2, 0) is 4.74 Å². The molecule has 10 heteroatoms. The number of hydrogen-bond donors (Lipinski definition) is 0. The van der Waals surface area contributed by atoms with Crippen LogP contribution in [0.3, 0.4) is 0 Å². The van der Waals surface area contributed by atoms with Crippen LogP contribution in [0.25, 0.3) is 22.0 Å². The van der Waals surface area contributed by atoms with Crippen molar-refractivity contribution in [3.8, 4) is 16.9 Å². The maximum Gasteiger partial charge on any atom is 0.409 e. The van der Waals surface area contributed by atoms with Gasteiger partial charge in [0, 0.05) is 31.4 Å². The van der Waals surface area contributed by atoms with Crippen molar-refractivity contribution in [1.29, 1.82) is 0 Å². The zero-order valence-electron chi connectivity index (χ0n) is 20.9. The lowest BCUT2D eigenvalue weighted by atomic mass is 10.0. The van der Waals surface area contributed by atoms with Crippen LogP contribution < -0.4 is 9.64 Å². The van der Waals surface area contributed by atoms with Crippen molar-refractivity contribution in [2.45, 2.75) is 13.3 Å². The molecule has 1 aliphatic rings. The van der Waals surface area contributed by atoms with Crippen molar-refractivity contribution < 1.29 is 18.7 Å². The Bertz CT molecular complexity index is 1410. The number of ether oxygens (including phenoxy) is 2. The highest BCUT2D eigenvalue weighted by Crippen LogP contribution is 2.37. The number of likely N-dealkylation sites (tertiary alicyclic amines) is 1. The summed E-state index contributed by atoms with van der Waals surface area (Å²) < 4.78 is 24.8. The molecule has 0 spiro atoms. The standard InChI is InChI=1S/C27H27FN6O3/c1-17-4-9-24(32-31-17)33(2)26-22-12-20(19-5-7-21(28)8-6-19)13-23(25(22)29-16-30-26)37-15-18-10-11-34(14-18)27(35)36-3/h4-9,12-13,16,18H,10-11,14-15H2,1-3H3. The first-order chi connectivity index (χ1) is 17.9.